The predicted molar refractivity (Wildman–Crippen MR) is 62.7 cm³/mol. The van der Waals surface area contributed by atoms with E-state index in [1.165, 1.54) is 14.2 Å². The molecule has 0 atom stereocenters. The van der Waals surface area contributed by atoms with Crippen LogP contribution in [-0.2, 0) is 24.5 Å². The quantitative estimate of drug-likeness (QED) is 0.444. The molecule has 1 N–H and O–H groups in total. The lowest BCUT2D eigenvalue weighted by molar-refractivity contribution is -0.140. The molecular weight excluding hydrogens is 248 g/mol. The minimum absolute atomic E-state index is 0.0272. The summed E-state index contributed by atoms with van der Waals surface area (Å²) in [7, 11) is -0.893. The van der Waals surface area contributed by atoms with Crippen LogP contribution in [-0.4, -0.2) is 59.2 Å². The minimum Gasteiger partial charge on any atom is -0.469 e. The van der Waals surface area contributed by atoms with Gasteiger partial charge in [-0.1, -0.05) is 0 Å². The van der Waals surface area contributed by atoms with Gasteiger partial charge in [0.15, 0.2) is 0 Å². The van der Waals surface area contributed by atoms with Crippen molar-refractivity contribution in [2.24, 2.45) is 0 Å². The number of carbonyl (C=O) groups is 1. The lowest BCUT2D eigenvalue weighted by atomic mass is 10.4. The van der Waals surface area contributed by atoms with E-state index in [1.807, 2.05) is 6.92 Å². The topological polar surface area (TPSA) is 84.9 Å². The van der Waals surface area contributed by atoms with Gasteiger partial charge in [-0.3, -0.25) is 4.79 Å². The molecule has 0 radical (unpaired) electrons. The highest BCUT2D eigenvalue weighted by Crippen LogP contribution is 1.96. The highest BCUT2D eigenvalue weighted by molar-refractivity contribution is 7.87. The molecule has 0 fully saturated rings. The van der Waals surface area contributed by atoms with Crippen molar-refractivity contribution in [3.05, 3.63) is 0 Å². The highest BCUT2D eigenvalue weighted by Gasteiger charge is 2.17. The summed E-state index contributed by atoms with van der Waals surface area (Å²) in [5.41, 5.74) is 0. The first kappa shape index (κ1) is 16.3. The average Bonchev–Trinajstić information content (AvgIpc) is 2.31. The molecule has 0 aromatic heterocycles. The summed E-state index contributed by atoms with van der Waals surface area (Å²) in [5.74, 6) is -0.443. The van der Waals surface area contributed by atoms with E-state index in [1.54, 1.807) is 0 Å². The Morgan fingerprint density at radius 1 is 1.41 bits per heavy atom. The normalized spacial score (nSPS) is 11.8. The Morgan fingerprint density at radius 3 is 2.59 bits per heavy atom. The summed E-state index contributed by atoms with van der Waals surface area (Å²) >= 11 is 0. The van der Waals surface area contributed by atoms with Crippen LogP contribution >= 0.6 is 0 Å². The Morgan fingerprint density at radius 2 is 2.06 bits per heavy atom. The van der Waals surface area contributed by atoms with Crippen LogP contribution in [0.4, 0.5) is 0 Å². The van der Waals surface area contributed by atoms with E-state index in [0.717, 1.165) is 4.31 Å². The lowest BCUT2D eigenvalue weighted by Crippen LogP contribution is -2.40. The van der Waals surface area contributed by atoms with Crippen LogP contribution < -0.4 is 4.72 Å². The van der Waals surface area contributed by atoms with Crippen molar-refractivity contribution in [2.75, 3.05) is 40.5 Å². The fraction of sp³-hybridized carbons (Fsp3) is 0.889. The number of esters is 1. The SMILES string of the molecule is CCOCCNS(=O)(=O)N(C)CCC(=O)OC. The van der Waals surface area contributed by atoms with E-state index in [9.17, 15) is 13.2 Å². The molecule has 0 saturated carbocycles. The standard InChI is InChI=1S/C9H20N2O5S/c1-4-16-8-6-10-17(13,14)11(2)7-5-9(12)15-3/h10H,4-8H2,1-3H3. The monoisotopic (exact) mass is 268 g/mol. The third-order valence-electron chi connectivity index (χ3n) is 2.00. The third-order valence-corrected chi connectivity index (χ3v) is 3.58. The molecule has 17 heavy (non-hydrogen) atoms. The molecular formula is C9H20N2O5S. The van der Waals surface area contributed by atoms with Crippen molar-refractivity contribution in [3.63, 3.8) is 0 Å². The van der Waals surface area contributed by atoms with E-state index >= 15 is 0 Å². The smallest absolute Gasteiger partial charge is 0.306 e. The van der Waals surface area contributed by atoms with E-state index < -0.39 is 16.2 Å². The zero-order valence-corrected chi connectivity index (χ0v) is 11.2. The molecule has 0 aromatic carbocycles. The Labute approximate surface area is 102 Å². The summed E-state index contributed by atoms with van der Waals surface area (Å²) in [6.07, 6.45) is 0.0272. The first-order valence-electron chi connectivity index (χ1n) is 5.29. The number of hydrogen-bond acceptors (Lipinski definition) is 5. The van der Waals surface area contributed by atoms with Crippen LogP contribution in [0.25, 0.3) is 0 Å². The maximum absolute atomic E-state index is 11.6. The fourth-order valence-corrected chi connectivity index (χ4v) is 1.86. The van der Waals surface area contributed by atoms with Crippen LogP contribution in [0.15, 0.2) is 0 Å². The van der Waals surface area contributed by atoms with E-state index in [0.29, 0.717) is 13.2 Å². The number of nitrogens with zero attached hydrogens (tertiary/aromatic N) is 1. The van der Waals surface area contributed by atoms with Gasteiger partial charge in [-0.05, 0) is 6.92 Å². The van der Waals surface area contributed by atoms with Gasteiger partial charge in [0.05, 0.1) is 20.1 Å². The first-order chi connectivity index (χ1) is 7.94. The molecule has 0 heterocycles. The van der Waals surface area contributed by atoms with Crippen LogP contribution in [0.2, 0.25) is 0 Å². The Balaban J connectivity index is 3.99. The zero-order valence-electron chi connectivity index (χ0n) is 10.4. The van der Waals surface area contributed by atoms with Crippen LogP contribution in [0.1, 0.15) is 13.3 Å². The number of carbonyl (C=O) groups excluding carboxylic acids is 1. The summed E-state index contributed by atoms with van der Waals surface area (Å²) in [6, 6.07) is 0. The Kier molecular flexibility index (Phi) is 8.05. The van der Waals surface area contributed by atoms with E-state index in [-0.39, 0.29) is 19.5 Å². The maximum Gasteiger partial charge on any atom is 0.306 e. The number of hydrogen-bond donors (Lipinski definition) is 1. The van der Waals surface area contributed by atoms with Gasteiger partial charge in [0.2, 0.25) is 0 Å². The van der Waals surface area contributed by atoms with E-state index in [2.05, 4.69) is 9.46 Å². The number of nitrogens with one attached hydrogen (secondary N) is 1. The van der Waals surface area contributed by atoms with Gasteiger partial charge in [-0.2, -0.15) is 17.4 Å². The van der Waals surface area contributed by atoms with Crippen LogP contribution in [0, 0.1) is 0 Å². The second kappa shape index (κ2) is 8.40. The molecule has 102 valence electrons. The van der Waals surface area contributed by atoms with Gasteiger partial charge >= 0.3 is 5.97 Å². The summed E-state index contributed by atoms with van der Waals surface area (Å²) in [4.78, 5) is 10.9. The fourth-order valence-electron chi connectivity index (χ4n) is 0.968. The van der Waals surface area contributed by atoms with Crippen molar-refractivity contribution in [1.29, 1.82) is 0 Å². The second-order valence-corrected chi connectivity index (χ2v) is 5.11. The van der Waals surface area contributed by atoms with Crippen molar-refractivity contribution in [3.8, 4) is 0 Å². The van der Waals surface area contributed by atoms with Gasteiger partial charge in [0.1, 0.15) is 0 Å². The molecule has 0 spiro atoms. The molecule has 7 nitrogen and oxygen atoms in total. The molecule has 0 aliphatic rings. The summed E-state index contributed by atoms with van der Waals surface area (Å²) in [6.45, 7) is 2.98. The summed E-state index contributed by atoms with van der Waals surface area (Å²) < 4.78 is 36.1. The Hall–Kier alpha value is -0.700. The van der Waals surface area contributed by atoms with Crippen molar-refractivity contribution in [1.82, 2.24) is 9.03 Å². The lowest BCUT2D eigenvalue weighted by Gasteiger charge is -2.16. The number of ether oxygens (including phenoxy) is 2. The highest BCUT2D eigenvalue weighted by atomic mass is 32.2. The largest absolute Gasteiger partial charge is 0.469 e. The first-order valence-corrected chi connectivity index (χ1v) is 6.73. The van der Waals surface area contributed by atoms with Crippen molar-refractivity contribution in [2.45, 2.75) is 13.3 Å². The summed E-state index contributed by atoms with van der Waals surface area (Å²) in [5, 5.41) is 0. The van der Waals surface area contributed by atoms with Crippen molar-refractivity contribution < 1.29 is 22.7 Å². The maximum atomic E-state index is 11.6. The van der Waals surface area contributed by atoms with Gasteiger partial charge in [-0.25, -0.2) is 0 Å². The van der Waals surface area contributed by atoms with Crippen LogP contribution in [0.5, 0.6) is 0 Å². The van der Waals surface area contributed by atoms with Gasteiger partial charge < -0.3 is 9.47 Å². The second-order valence-electron chi connectivity index (χ2n) is 3.24. The Bertz CT molecular complexity index is 317. The third kappa shape index (κ3) is 7.27. The molecule has 0 aliphatic heterocycles. The molecule has 8 heteroatoms. The molecule has 0 bridgehead atoms. The minimum atomic E-state index is -3.55. The molecule has 0 aliphatic carbocycles. The van der Waals surface area contributed by atoms with Gasteiger partial charge in [0, 0.05) is 26.7 Å². The number of methoxy groups -OCH3 is 1. The van der Waals surface area contributed by atoms with Crippen LogP contribution in [0.3, 0.4) is 0 Å². The zero-order chi connectivity index (χ0) is 13.3. The van der Waals surface area contributed by atoms with Crippen molar-refractivity contribution >= 4 is 16.2 Å². The average molecular weight is 268 g/mol. The molecule has 0 aromatic rings. The predicted octanol–water partition coefficient (Wildman–Crippen LogP) is -0.648. The molecule has 0 amide bonds. The molecule has 0 saturated heterocycles. The van der Waals surface area contributed by atoms with Gasteiger partial charge in [0.25, 0.3) is 10.2 Å². The number of rotatable bonds is 9. The van der Waals surface area contributed by atoms with E-state index in [4.69, 9.17) is 4.74 Å². The molecule has 0 rings (SSSR count). The molecule has 0 unspecified atom stereocenters. The van der Waals surface area contributed by atoms with Gasteiger partial charge in [-0.15, -0.1) is 0 Å².